The van der Waals surface area contributed by atoms with Gasteiger partial charge in [0.15, 0.2) is 0 Å². The number of hydrogen-bond donors (Lipinski definition) is 2. The van der Waals surface area contributed by atoms with Gasteiger partial charge in [-0.05, 0) is 93.2 Å². The van der Waals surface area contributed by atoms with E-state index in [1.807, 2.05) is 54.9 Å². The normalized spacial score (nSPS) is 17.1. The lowest BCUT2D eigenvalue weighted by atomic mass is 9.83. The second-order valence-electron chi connectivity index (χ2n) is 14.5. The van der Waals surface area contributed by atoms with Gasteiger partial charge in [-0.1, -0.05) is 119 Å². The van der Waals surface area contributed by atoms with Crippen LogP contribution >= 0.6 is 0 Å². The van der Waals surface area contributed by atoms with Crippen LogP contribution in [0.3, 0.4) is 0 Å². The van der Waals surface area contributed by atoms with Crippen LogP contribution in [-0.4, -0.2) is 34.7 Å². The van der Waals surface area contributed by atoms with Crippen molar-refractivity contribution in [1.82, 2.24) is 0 Å². The van der Waals surface area contributed by atoms with E-state index < -0.39 is 0 Å². The molecule has 0 unspecified atom stereocenters. The number of aliphatic imine (C=N–C) groups is 2. The van der Waals surface area contributed by atoms with E-state index in [-0.39, 0.29) is 29.0 Å². The van der Waals surface area contributed by atoms with Gasteiger partial charge in [-0.3, -0.25) is 9.98 Å². The van der Waals surface area contributed by atoms with Crippen molar-refractivity contribution < 1.29 is 10.2 Å². The zero-order valence-corrected chi connectivity index (χ0v) is 28.8. The van der Waals surface area contributed by atoms with Crippen molar-refractivity contribution in [1.29, 1.82) is 0 Å². The zero-order chi connectivity index (χ0) is 34.1. The van der Waals surface area contributed by atoms with Gasteiger partial charge in [0.2, 0.25) is 0 Å². The van der Waals surface area contributed by atoms with E-state index in [0.29, 0.717) is 5.56 Å². The fraction of sp³-hybridized carbons (Fsp3) is 0.244. The minimum absolute atomic E-state index is 0.0172. The highest BCUT2D eigenvalue weighted by Gasteiger charge is 2.25. The quantitative estimate of drug-likeness (QED) is 0.177. The average Bonchev–Trinajstić information content (AvgIpc) is 3.11. The Labute approximate surface area is 289 Å². The summed E-state index contributed by atoms with van der Waals surface area (Å²) < 4.78 is 0. The van der Waals surface area contributed by atoms with Gasteiger partial charge in [0.05, 0.1) is 12.1 Å². The van der Waals surface area contributed by atoms with E-state index in [1.165, 1.54) is 0 Å². The highest BCUT2D eigenvalue weighted by atomic mass is 16.3. The van der Waals surface area contributed by atoms with Crippen molar-refractivity contribution in [3.63, 3.8) is 0 Å². The highest BCUT2D eigenvalue weighted by molar-refractivity contribution is 6.01. The summed E-state index contributed by atoms with van der Waals surface area (Å²) in [7, 11) is 0. The lowest BCUT2D eigenvalue weighted by molar-refractivity contribution is 0.390. The molecule has 246 valence electrons. The summed E-state index contributed by atoms with van der Waals surface area (Å²) in [6.07, 6.45) is 7.73. The van der Waals surface area contributed by atoms with Crippen LogP contribution in [0.2, 0.25) is 0 Å². The number of phenolic OH excluding ortho intramolecular Hbond substituents is 2. The molecule has 1 aliphatic rings. The molecule has 0 heterocycles. The molecular formula is C45H44N2O2. The first kappa shape index (κ1) is 32.3. The maximum Gasteiger partial charge on any atom is 0.132 e. The first-order valence-corrected chi connectivity index (χ1v) is 17.4. The van der Waals surface area contributed by atoms with Gasteiger partial charge >= 0.3 is 0 Å². The fourth-order valence-corrected chi connectivity index (χ4v) is 7.22. The van der Waals surface area contributed by atoms with Crippen molar-refractivity contribution in [2.75, 3.05) is 0 Å². The Morgan fingerprint density at radius 2 is 1.04 bits per heavy atom. The number of rotatable bonds is 6. The monoisotopic (exact) mass is 644 g/mol. The SMILES string of the molecule is Cc1cc(/C=N/[C@@H]2CCCC[C@H]2/N=C/c2cc(C(C)(C)C)cc(-c3cccc4ccccc34)c2O)c(O)c(-c2cccc3ccccc23)c1. The second kappa shape index (κ2) is 13.4. The molecule has 0 amide bonds. The van der Waals surface area contributed by atoms with Gasteiger partial charge in [-0.2, -0.15) is 0 Å². The molecule has 0 aromatic heterocycles. The second-order valence-corrected chi connectivity index (χ2v) is 14.5. The number of fused-ring (bicyclic) bond motifs is 2. The number of phenols is 2. The minimum Gasteiger partial charge on any atom is -0.507 e. The Morgan fingerprint density at radius 1 is 0.571 bits per heavy atom. The predicted molar refractivity (Wildman–Crippen MR) is 207 cm³/mol. The van der Waals surface area contributed by atoms with Crippen molar-refractivity contribution in [3.05, 3.63) is 131 Å². The Balaban J connectivity index is 1.22. The Hall–Kier alpha value is -5.22. The Kier molecular flexibility index (Phi) is 8.81. The summed E-state index contributed by atoms with van der Waals surface area (Å²) >= 11 is 0. The summed E-state index contributed by atoms with van der Waals surface area (Å²) in [5, 5.41) is 27.8. The summed E-state index contributed by atoms with van der Waals surface area (Å²) in [5.41, 5.74) is 7.18. The summed E-state index contributed by atoms with van der Waals surface area (Å²) in [5.74, 6) is 0.487. The summed E-state index contributed by atoms with van der Waals surface area (Å²) in [6.45, 7) is 8.66. The lowest BCUT2D eigenvalue weighted by Gasteiger charge is -2.26. The molecule has 1 fully saturated rings. The van der Waals surface area contributed by atoms with Crippen LogP contribution in [0.5, 0.6) is 11.5 Å². The van der Waals surface area contributed by atoms with Gasteiger partial charge < -0.3 is 10.2 Å². The average molecular weight is 645 g/mol. The van der Waals surface area contributed by atoms with Gasteiger partial charge in [0.1, 0.15) is 11.5 Å². The number of aryl methyl sites for hydroxylation is 1. The third-order valence-electron chi connectivity index (χ3n) is 9.95. The molecular weight excluding hydrogens is 601 g/mol. The first-order chi connectivity index (χ1) is 23.7. The maximum atomic E-state index is 11.7. The van der Waals surface area contributed by atoms with Crippen molar-refractivity contribution >= 4 is 34.0 Å². The highest BCUT2D eigenvalue weighted by Crippen LogP contribution is 2.40. The van der Waals surface area contributed by atoms with Crippen molar-refractivity contribution in [2.45, 2.75) is 70.9 Å². The number of hydrogen-bond acceptors (Lipinski definition) is 4. The van der Waals surface area contributed by atoms with Crippen LogP contribution in [0, 0.1) is 6.92 Å². The third kappa shape index (κ3) is 6.61. The molecule has 0 bridgehead atoms. The van der Waals surface area contributed by atoms with E-state index in [4.69, 9.17) is 9.98 Å². The smallest absolute Gasteiger partial charge is 0.132 e. The summed E-state index contributed by atoms with van der Waals surface area (Å²) in [4.78, 5) is 10.2. The maximum absolute atomic E-state index is 11.7. The first-order valence-electron chi connectivity index (χ1n) is 17.4. The zero-order valence-electron chi connectivity index (χ0n) is 28.8. The third-order valence-corrected chi connectivity index (χ3v) is 9.95. The molecule has 0 saturated heterocycles. The van der Waals surface area contributed by atoms with Crippen LogP contribution in [0.25, 0.3) is 43.8 Å². The van der Waals surface area contributed by atoms with Gasteiger partial charge in [0, 0.05) is 34.7 Å². The molecule has 0 radical (unpaired) electrons. The molecule has 0 aliphatic heterocycles. The minimum atomic E-state index is -0.117. The molecule has 4 nitrogen and oxygen atoms in total. The van der Waals surface area contributed by atoms with E-state index in [0.717, 1.165) is 86.2 Å². The molecule has 0 spiro atoms. The van der Waals surface area contributed by atoms with Crippen LogP contribution < -0.4 is 0 Å². The number of nitrogens with zero attached hydrogens (tertiary/aromatic N) is 2. The molecule has 1 aliphatic carbocycles. The molecule has 7 rings (SSSR count). The number of aromatic hydroxyl groups is 2. The van der Waals surface area contributed by atoms with Gasteiger partial charge in [0.25, 0.3) is 0 Å². The van der Waals surface area contributed by atoms with Crippen LogP contribution in [-0.2, 0) is 5.41 Å². The molecule has 4 heteroatoms. The molecule has 1 saturated carbocycles. The molecule has 49 heavy (non-hydrogen) atoms. The topological polar surface area (TPSA) is 65.2 Å². The van der Waals surface area contributed by atoms with Gasteiger partial charge in [-0.25, -0.2) is 0 Å². The van der Waals surface area contributed by atoms with Crippen LogP contribution in [0.4, 0.5) is 0 Å². The fourth-order valence-electron chi connectivity index (χ4n) is 7.22. The van der Waals surface area contributed by atoms with E-state index in [2.05, 4.69) is 94.4 Å². The largest absolute Gasteiger partial charge is 0.507 e. The Morgan fingerprint density at radius 3 is 1.57 bits per heavy atom. The molecule has 6 aromatic carbocycles. The van der Waals surface area contributed by atoms with E-state index in [9.17, 15) is 10.2 Å². The van der Waals surface area contributed by atoms with Gasteiger partial charge in [-0.15, -0.1) is 0 Å². The Bertz CT molecular complexity index is 2210. The number of benzene rings is 6. The van der Waals surface area contributed by atoms with Crippen molar-refractivity contribution in [3.8, 4) is 33.8 Å². The molecule has 2 N–H and O–H groups in total. The summed E-state index contributed by atoms with van der Waals surface area (Å²) in [6, 6.07) is 37.3. The molecule has 2 atom stereocenters. The van der Waals surface area contributed by atoms with E-state index in [1.54, 1.807) is 0 Å². The standard InChI is InChI=1S/C45H44N2O2/c1-29-23-32(43(48)39(24-29)37-19-11-15-30-13-5-7-17-35(30)37)27-46-41-21-9-10-22-42(41)47-28-33-25-34(45(2,3)4)26-40(44(33)49)38-20-12-16-31-14-6-8-18-36(31)38/h5-8,11-20,23-28,41-42,48-49H,9-10,21-22H2,1-4H3/b46-27+,47-28+/t41-,42-/m1/s1. The molecule has 6 aromatic rings. The van der Waals surface area contributed by atoms with Crippen LogP contribution in [0.1, 0.15) is 68.7 Å². The lowest BCUT2D eigenvalue weighted by Crippen LogP contribution is -2.27. The van der Waals surface area contributed by atoms with Crippen LogP contribution in [0.15, 0.2) is 119 Å². The van der Waals surface area contributed by atoms with E-state index >= 15 is 0 Å². The predicted octanol–water partition coefficient (Wildman–Crippen LogP) is 11.2. The van der Waals surface area contributed by atoms with Crippen molar-refractivity contribution in [2.24, 2.45) is 9.98 Å².